The summed E-state index contributed by atoms with van der Waals surface area (Å²) in [4.78, 5) is 25.0. The first-order chi connectivity index (χ1) is 9.08. The van der Waals surface area contributed by atoms with Crippen LogP contribution in [0.1, 0.15) is 19.8 Å². The van der Waals surface area contributed by atoms with Gasteiger partial charge in [0.05, 0.1) is 10.6 Å². The minimum atomic E-state index is -0.401. The van der Waals surface area contributed by atoms with Crippen LogP contribution >= 0.6 is 15.9 Å². The standard InChI is InChI=1S/C12H18BrN3O3/c1-8(10-3-2-6-19-10)14-4-5-16-7-9(13)11(17)15-12(16)18/h7-8,10,14H,2-6H2,1H3,(H,15,17,18). The molecule has 2 atom stereocenters. The summed E-state index contributed by atoms with van der Waals surface area (Å²) in [6.45, 7) is 4.08. The van der Waals surface area contributed by atoms with Gasteiger partial charge in [-0.25, -0.2) is 4.79 Å². The summed E-state index contributed by atoms with van der Waals surface area (Å²) >= 11 is 3.11. The first-order valence-corrected chi connectivity index (χ1v) is 7.21. The predicted molar refractivity (Wildman–Crippen MR) is 75.5 cm³/mol. The maximum atomic E-state index is 11.6. The Morgan fingerprint density at radius 3 is 3.11 bits per heavy atom. The predicted octanol–water partition coefficient (Wildman–Crippen LogP) is 0.456. The third kappa shape index (κ3) is 3.77. The molecule has 0 bridgehead atoms. The number of hydrogen-bond donors (Lipinski definition) is 2. The van der Waals surface area contributed by atoms with E-state index in [4.69, 9.17) is 4.74 Å². The Kier molecular flexibility index (Phi) is 4.95. The van der Waals surface area contributed by atoms with E-state index >= 15 is 0 Å². The average Bonchev–Trinajstić information content (AvgIpc) is 2.89. The fraction of sp³-hybridized carbons (Fsp3) is 0.667. The molecule has 1 saturated heterocycles. The van der Waals surface area contributed by atoms with Crippen molar-refractivity contribution in [1.82, 2.24) is 14.9 Å². The molecule has 7 heteroatoms. The maximum Gasteiger partial charge on any atom is 0.328 e. The lowest BCUT2D eigenvalue weighted by molar-refractivity contribution is 0.0835. The molecule has 1 aliphatic heterocycles. The van der Waals surface area contributed by atoms with Crippen molar-refractivity contribution in [2.45, 2.75) is 38.5 Å². The van der Waals surface area contributed by atoms with Crippen LogP contribution in [-0.2, 0) is 11.3 Å². The molecule has 106 valence electrons. The largest absolute Gasteiger partial charge is 0.377 e. The summed E-state index contributed by atoms with van der Waals surface area (Å²) in [6, 6.07) is 0.268. The highest BCUT2D eigenvalue weighted by Crippen LogP contribution is 2.15. The van der Waals surface area contributed by atoms with Crippen molar-refractivity contribution in [2.24, 2.45) is 0 Å². The molecule has 0 radical (unpaired) electrons. The van der Waals surface area contributed by atoms with Gasteiger partial charge in [0.2, 0.25) is 0 Å². The molecule has 0 amide bonds. The molecule has 0 aliphatic carbocycles. The van der Waals surface area contributed by atoms with E-state index in [0.717, 1.165) is 19.4 Å². The second-order valence-electron chi connectivity index (χ2n) is 4.72. The van der Waals surface area contributed by atoms with Gasteiger partial charge in [-0.3, -0.25) is 14.3 Å². The minimum Gasteiger partial charge on any atom is -0.377 e. The molecule has 0 aromatic carbocycles. The van der Waals surface area contributed by atoms with E-state index in [1.54, 1.807) is 0 Å². The Labute approximate surface area is 119 Å². The quantitative estimate of drug-likeness (QED) is 0.821. The van der Waals surface area contributed by atoms with Crippen LogP contribution in [-0.4, -0.2) is 34.8 Å². The summed E-state index contributed by atoms with van der Waals surface area (Å²) in [5, 5.41) is 3.34. The van der Waals surface area contributed by atoms with Crippen LogP contribution in [0.15, 0.2) is 20.3 Å². The van der Waals surface area contributed by atoms with Gasteiger partial charge in [-0.1, -0.05) is 0 Å². The SMILES string of the molecule is CC(NCCn1cc(Br)c(=O)[nH]c1=O)C1CCCO1. The topological polar surface area (TPSA) is 76.1 Å². The molecule has 0 spiro atoms. The fourth-order valence-electron chi connectivity index (χ4n) is 2.19. The highest BCUT2D eigenvalue weighted by molar-refractivity contribution is 9.10. The van der Waals surface area contributed by atoms with Crippen molar-refractivity contribution in [3.8, 4) is 0 Å². The first-order valence-electron chi connectivity index (χ1n) is 6.42. The van der Waals surface area contributed by atoms with Crippen LogP contribution in [0.25, 0.3) is 0 Å². The number of hydrogen-bond acceptors (Lipinski definition) is 4. The summed E-state index contributed by atoms with van der Waals surface area (Å²) in [5.74, 6) is 0. The lowest BCUT2D eigenvalue weighted by atomic mass is 10.1. The maximum absolute atomic E-state index is 11.6. The molecule has 2 unspecified atom stereocenters. The van der Waals surface area contributed by atoms with Crippen molar-refractivity contribution in [2.75, 3.05) is 13.2 Å². The molecule has 2 N–H and O–H groups in total. The Bertz CT molecular complexity index is 534. The number of aromatic amines is 1. The summed E-state index contributed by atoms with van der Waals surface area (Å²) in [6.07, 6.45) is 3.97. The minimum absolute atomic E-state index is 0.263. The van der Waals surface area contributed by atoms with E-state index in [0.29, 0.717) is 17.6 Å². The molecule has 19 heavy (non-hydrogen) atoms. The van der Waals surface area contributed by atoms with Gasteiger partial charge >= 0.3 is 5.69 Å². The zero-order valence-corrected chi connectivity index (χ0v) is 12.4. The van der Waals surface area contributed by atoms with Gasteiger partial charge in [0.25, 0.3) is 5.56 Å². The lowest BCUT2D eigenvalue weighted by Crippen LogP contribution is -2.40. The molecule has 2 rings (SSSR count). The van der Waals surface area contributed by atoms with Crippen LogP contribution in [0.5, 0.6) is 0 Å². The zero-order valence-electron chi connectivity index (χ0n) is 10.8. The molecule has 6 nitrogen and oxygen atoms in total. The van der Waals surface area contributed by atoms with Crippen LogP contribution in [0.2, 0.25) is 0 Å². The summed E-state index contributed by atoms with van der Waals surface area (Å²) < 4.78 is 7.42. The van der Waals surface area contributed by atoms with Gasteiger partial charge in [0.1, 0.15) is 0 Å². The van der Waals surface area contributed by atoms with Crippen molar-refractivity contribution in [1.29, 1.82) is 0 Å². The Balaban J connectivity index is 1.87. The second-order valence-corrected chi connectivity index (χ2v) is 5.58. The molecule has 0 saturated carbocycles. The monoisotopic (exact) mass is 331 g/mol. The van der Waals surface area contributed by atoms with Crippen molar-refractivity contribution >= 4 is 15.9 Å². The molecule has 1 aliphatic rings. The third-order valence-electron chi connectivity index (χ3n) is 3.31. The average molecular weight is 332 g/mol. The Morgan fingerprint density at radius 1 is 1.63 bits per heavy atom. The van der Waals surface area contributed by atoms with E-state index in [-0.39, 0.29) is 17.8 Å². The number of ether oxygens (including phenoxy) is 1. The zero-order chi connectivity index (χ0) is 13.8. The van der Waals surface area contributed by atoms with Crippen LogP contribution in [0.3, 0.4) is 0 Å². The second kappa shape index (κ2) is 6.49. The molecular formula is C12H18BrN3O3. The van der Waals surface area contributed by atoms with Crippen LogP contribution in [0, 0.1) is 0 Å². The Hall–Kier alpha value is -0.920. The number of nitrogens with one attached hydrogen (secondary N) is 2. The van der Waals surface area contributed by atoms with Gasteiger partial charge in [-0.05, 0) is 35.7 Å². The van der Waals surface area contributed by atoms with Gasteiger partial charge in [-0.15, -0.1) is 0 Å². The van der Waals surface area contributed by atoms with Crippen molar-refractivity contribution in [3.05, 3.63) is 31.5 Å². The van der Waals surface area contributed by atoms with E-state index in [2.05, 4.69) is 33.2 Å². The van der Waals surface area contributed by atoms with E-state index in [9.17, 15) is 9.59 Å². The number of aromatic nitrogens is 2. The number of H-pyrrole nitrogens is 1. The smallest absolute Gasteiger partial charge is 0.328 e. The van der Waals surface area contributed by atoms with Gasteiger partial charge in [0.15, 0.2) is 0 Å². The van der Waals surface area contributed by atoms with E-state index in [1.807, 2.05) is 0 Å². The normalized spacial score (nSPS) is 20.6. The number of halogens is 1. The molecule has 2 heterocycles. The molecule has 1 aromatic rings. The van der Waals surface area contributed by atoms with Crippen LogP contribution < -0.4 is 16.6 Å². The number of rotatable bonds is 5. The molecular weight excluding hydrogens is 314 g/mol. The van der Waals surface area contributed by atoms with E-state index in [1.165, 1.54) is 10.8 Å². The highest BCUT2D eigenvalue weighted by Gasteiger charge is 2.21. The van der Waals surface area contributed by atoms with Gasteiger partial charge < -0.3 is 10.1 Å². The highest BCUT2D eigenvalue weighted by atomic mass is 79.9. The lowest BCUT2D eigenvalue weighted by Gasteiger charge is -2.20. The first kappa shape index (κ1) is 14.5. The summed E-state index contributed by atoms with van der Waals surface area (Å²) in [7, 11) is 0. The van der Waals surface area contributed by atoms with Gasteiger partial charge in [0, 0.05) is 31.9 Å². The van der Waals surface area contributed by atoms with E-state index < -0.39 is 5.56 Å². The fourth-order valence-corrected chi connectivity index (χ4v) is 2.54. The summed E-state index contributed by atoms with van der Waals surface area (Å²) in [5.41, 5.74) is -0.790. The number of nitrogens with zero attached hydrogens (tertiary/aromatic N) is 1. The van der Waals surface area contributed by atoms with Crippen molar-refractivity contribution in [3.63, 3.8) is 0 Å². The molecule has 1 fully saturated rings. The van der Waals surface area contributed by atoms with Crippen molar-refractivity contribution < 1.29 is 4.74 Å². The third-order valence-corrected chi connectivity index (χ3v) is 3.87. The van der Waals surface area contributed by atoms with Crippen LogP contribution in [0.4, 0.5) is 0 Å². The van der Waals surface area contributed by atoms with Gasteiger partial charge in [-0.2, -0.15) is 0 Å². The molecule has 1 aromatic heterocycles. The Morgan fingerprint density at radius 2 is 2.42 bits per heavy atom.